The topological polar surface area (TPSA) is 240 Å². The van der Waals surface area contributed by atoms with Crippen molar-refractivity contribution in [2.45, 2.75) is 75.7 Å². The van der Waals surface area contributed by atoms with E-state index in [2.05, 4.69) is 26.3 Å². The molecule has 5 heterocycles. The van der Waals surface area contributed by atoms with E-state index in [1.807, 2.05) is 35.7 Å². The van der Waals surface area contributed by atoms with E-state index < -0.39 is 0 Å². The molecule has 0 radical (unpaired) electrons. The van der Waals surface area contributed by atoms with Crippen LogP contribution < -0.4 is 37.3 Å². The van der Waals surface area contributed by atoms with Crippen LogP contribution in [0.15, 0.2) is 39.9 Å². The number of fused-ring (bicyclic) bond motifs is 2. The fraction of sp³-hybridized carbons (Fsp3) is 0.638. The van der Waals surface area contributed by atoms with Gasteiger partial charge in [-0.3, -0.25) is 38.0 Å². The summed E-state index contributed by atoms with van der Waals surface area (Å²) in [5, 5.41) is 12.1. The zero-order valence-corrected chi connectivity index (χ0v) is 41.0. The molecule has 6 amide bonds. The molecule has 3 aliphatic rings. The summed E-state index contributed by atoms with van der Waals surface area (Å²) in [6, 6.07) is 9.24. The molecule has 1 aromatic carbocycles. The number of amides is 6. The number of nitrogens with one attached hydrogen (secondary N) is 5. The number of unbranched alkanes of at least 4 members (excludes halogenated alkanes) is 1. The van der Waals surface area contributed by atoms with Gasteiger partial charge in [-0.15, -0.1) is 0 Å². The number of nitrogens with zero attached hydrogens (tertiary/aromatic N) is 5. The van der Waals surface area contributed by atoms with Gasteiger partial charge in [0, 0.05) is 96.2 Å². The Balaban J connectivity index is 0.700. The van der Waals surface area contributed by atoms with E-state index >= 15 is 0 Å². The van der Waals surface area contributed by atoms with E-state index in [1.165, 1.54) is 14.0 Å². The van der Waals surface area contributed by atoms with Crippen molar-refractivity contribution in [1.29, 1.82) is 0 Å². The van der Waals surface area contributed by atoms with Gasteiger partial charge in [-0.1, -0.05) is 13.3 Å². The molecular weight excluding hydrogens is 913 g/mol. The molecule has 0 aliphatic carbocycles. The van der Waals surface area contributed by atoms with Crippen molar-refractivity contribution in [2.75, 3.05) is 111 Å². The van der Waals surface area contributed by atoms with Crippen LogP contribution in [-0.2, 0) is 47.0 Å². The molecule has 6 rings (SSSR count). The van der Waals surface area contributed by atoms with Crippen LogP contribution in [0.1, 0.15) is 51.9 Å². The van der Waals surface area contributed by atoms with Crippen molar-refractivity contribution in [3.05, 3.63) is 51.2 Å². The summed E-state index contributed by atoms with van der Waals surface area (Å²) in [6.07, 6.45) is 4.96. The average molecular weight is 983 g/mol. The zero-order valence-electron chi connectivity index (χ0n) is 40.2. The highest BCUT2D eigenvalue weighted by atomic mass is 32.2. The lowest BCUT2D eigenvalue weighted by Crippen LogP contribution is -2.52. The summed E-state index contributed by atoms with van der Waals surface area (Å²) in [6.45, 7) is 8.16. The lowest BCUT2D eigenvalue weighted by Gasteiger charge is -2.34. The molecule has 0 spiro atoms. The number of benzene rings is 1. The van der Waals surface area contributed by atoms with Crippen LogP contribution in [-0.4, -0.2) is 187 Å². The van der Waals surface area contributed by atoms with Crippen LogP contribution in [0.3, 0.4) is 0 Å². The van der Waals surface area contributed by atoms with Crippen LogP contribution in [0.5, 0.6) is 5.75 Å². The third kappa shape index (κ3) is 15.8. The number of urea groups is 1. The first-order chi connectivity index (χ1) is 33.4. The molecule has 0 bridgehead atoms. The predicted octanol–water partition coefficient (Wildman–Crippen LogP) is 0.875. The highest BCUT2D eigenvalue weighted by Gasteiger charge is 2.42. The maximum atomic E-state index is 12.9. The molecular formula is C47H70N10O11S. The van der Waals surface area contributed by atoms with E-state index in [1.54, 1.807) is 37.2 Å². The van der Waals surface area contributed by atoms with Crippen molar-refractivity contribution in [3.8, 4) is 17.0 Å². The van der Waals surface area contributed by atoms with Crippen LogP contribution in [0, 0.1) is 0 Å². The monoisotopic (exact) mass is 982 g/mol. The van der Waals surface area contributed by atoms with Crippen LogP contribution in [0.2, 0.25) is 0 Å². The van der Waals surface area contributed by atoms with Crippen molar-refractivity contribution in [2.24, 2.45) is 7.05 Å². The average Bonchev–Trinajstić information content (AvgIpc) is 4.07. The fourth-order valence-electron chi connectivity index (χ4n) is 8.50. The highest BCUT2D eigenvalue weighted by Crippen LogP contribution is 2.33. The lowest BCUT2D eigenvalue weighted by atomic mass is 10.0. The summed E-state index contributed by atoms with van der Waals surface area (Å²) in [5.41, 5.74) is 1.71. The number of rotatable bonds is 29. The number of hydrogen-bond acceptors (Lipinski definition) is 13. The second kappa shape index (κ2) is 27.1. The summed E-state index contributed by atoms with van der Waals surface area (Å²) in [7, 11) is 3.29. The summed E-state index contributed by atoms with van der Waals surface area (Å²) >= 11 is 1.87. The van der Waals surface area contributed by atoms with Crippen molar-refractivity contribution < 1.29 is 42.9 Å². The standard InChI is InChI=1S/C47H70N10O11S/c1-4-17-57-45(62)44-37(54(3)47(57)64)28-35(50-44)33-11-13-34(14-12-33)68-31-42(61)56-20-18-55(19-21-56)30-40(59)49-16-8-23-66-25-27-67-26-24-65-22-7-15-48-39(58)29-53(2)41(60)10-6-5-9-38-43-36(32-69-38)51-46(63)52-43/h11-14,28,36,38,43,50H,4-10,15-27,29-32H2,1-3H3,(H,48,58)(H,49,59)(H2,51,52,63)/t36-,38-,43?/m0/s1. The van der Waals surface area contributed by atoms with Gasteiger partial charge in [0.2, 0.25) is 17.7 Å². The minimum Gasteiger partial charge on any atom is -0.484 e. The maximum Gasteiger partial charge on any atom is 0.331 e. The first kappa shape index (κ1) is 52.9. The molecule has 69 heavy (non-hydrogen) atoms. The Labute approximate surface area is 406 Å². The highest BCUT2D eigenvalue weighted by molar-refractivity contribution is 8.00. The van der Waals surface area contributed by atoms with Gasteiger partial charge >= 0.3 is 11.7 Å². The molecule has 2 aromatic heterocycles. The molecule has 3 saturated heterocycles. The Kier molecular flexibility index (Phi) is 20.8. The fourth-order valence-corrected chi connectivity index (χ4v) is 10.0. The molecule has 1 unspecified atom stereocenters. The minimum absolute atomic E-state index is 0.0161. The predicted molar refractivity (Wildman–Crippen MR) is 261 cm³/mol. The van der Waals surface area contributed by atoms with Crippen LogP contribution in [0.4, 0.5) is 4.79 Å². The molecule has 3 atom stereocenters. The van der Waals surface area contributed by atoms with Gasteiger partial charge in [0.05, 0.1) is 57.1 Å². The number of thioether (sulfide) groups is 1. The van der Waals surface area contributed by atoms with E-state index in [0.717, 1.165) is 30.6 Å². The van der Waals surface area contributed by atoms with Gasteiger partial charge < -0.3 is 55.0 Å². The van der Waals surface area contributed by atoms with Gasteiger partial charge in [0.15, 0.2) is 6.61 Å². The number of aromatic nitrogens is 3. The second-order valence-corrected chi connectivity index (χ2v) is 18.8. The second-order valence-electron chi connectivity index (χ2n) is 17.6. The normalized spacial score (nSPS) is 17.9. The Bertz CT molecular complexity index is 2300. The zero-order chi connectivity index (χ0) is 49.1. The number of likely N-dealkylation sites (N-methyl/N-ethyl adjacent to an activating group) is 1. The molecule has 3 aromatic rings. The number of aromatic amines is 1. The third-order valence-electron chi connectivity index (χ3n) is 12.4. The Morgan fingerprint density at radius 1 is 0.841 bits per heavy atom. The number of aryl methyl sites for hydroxylation is 1. The first-order valence-electron chi connectivity index (χ1n) is 24.2. The summed E-state index contributed by atoms with van der Waals surface area (Å²) < 4.78 is 25.2. The molecule has 21 nitrogen and oxygen atoms in total. The van der Waals surface area contributed by atoms with Crippen molar-refractivity contribution >= 4 is 52.5 Å². The summed E-state index contributed by atoms with van der Waals surface area (Å²) in [4.78, 5) is 95.8. The molecule has 5 N–H and O–H groups in total. The largest absolute Gasteiger partial charge is 0.484 e. The van der Waals surface area contributed by atoms with Gasteiger partial charge in [-0.05, 0) is 68.0 Å². The Morgan fingerprint density at radius 3 is 2.19 bits per heavy atom. The quantitative estimate of drug-likeness (QED) is 0.0480. The number of ether oxygens (including phenoxy) is 4. The number of hydrogen-bond donors (Lipinski definition) is 5. The Hall–Kier alpha value is -5.42. The van der Waals surface area contributed by atoms with E-state index in [4.69, 9.17) is 18.9 Å². The minimum atomic E-state index is -0.349. The smallest absolute Gasteiger partial charge is 0.331 e. The van der Waals surface area contributed by atoms with E-state index in [0.29, 0.717) is 139 Å². The van der Waals surface area contributed by atoms with Crippen molar-refractivity contribution in [3.63, 3.8) is 0 Å². The Morgan fingerprint density at radius 2 is 1.51 bits per heavy atom. The molecule has 0 saturated carbocycles. The SMILES string of the molecule is CCCn1c(=O)c2[nH]c(-c3ccc(OCC(=O)N4CCN(CC(=O)NCCCOCCOCCOCCCNC(=O)CN(C)C(=O)CCCC[C@@H]5SC[C@@H]6NC(=O)NC65)CC4)cc3)cc2n(C)c1=O. The van der Waals surface area contributed by atoms with Gasteiger partial charge in [0.1, 0.15) is 11.3 Å². The van der Waals surface area contributed by atoms with Gasteiger partial charge in [-0.2, -0.15) is 11.8 Å². The number of piperazine rings is 1. The van der Waals surface area contributed by atoms with E-state index in [9.17, 15) is 33.6 Å². The number of carbonyl (C=O) groups is 5. The number of carbonyl (C=O) groups excluding carboxylic acids is 5. The third-order valence-corrected chi connectivity index (χ3v) is 13.9. The lowest BCUT2D eigenvalue weighted by molar-refractivity contribution is -0.135. The maximum absolute atomic E-state index is 12.9. The first-order valence-corrected chi connectivity index (χ1v) is 25.2. The molecule has 380 valence electrons. The molecule has 3 fully saturated rings. The molecule has 3 aliphatic heterocycles. The number of H-pyrrole nitrogens is 1. The molecule has 22 heteroatoms. The van der Waals surface area contributed by atoms with E-state index in [-0.39, 0.29) is 72.7 Å². The van der Waals surface area contributed by atoms with Crippen LogP contribution in [0.25, 0.3) is 22.3 Å². The van der Waals surface area contributed by atoms with Gasteiger partial charge in [0.25, 0.3) is 11.5 Å². The summed E-state index contributed by atoms with van der Waals surface area (Å²) in [5.74, 6) is 0.976. The van der Waals surface area contributed by atoms with Crippen LogP contribution >= 0.6 is 11.8 Å². The van der Waals surface area contributed by atoms with Gasteiger partial charge in [-0.25, -0.2) is 9.59 Å². The van der Waals surface area contributed by atoms with Crippen molar-refractivity contribution in [1.82, 2.24) is 50.1 Å².